The number of ether oxygens (including phenoxy) is 2. The second-order valence-electron chi connectivity index (χ2n) is 6.86. The molecule has 1 aliphatic heterocycles. The Morgan fingerprint density at radius 1 is 1.34 bits per heavy atom. The van der Waals surface area contributed by atoms with Crippen LogP contribution in [-0.4, -0.2) is 49.5 Å². The number of nitrogens with one attached hydrogen (secondary N) is 1. The zero-order chi connectivity index (χ0) is 21.2. The van der Waals surface area contributed by atoms with Crippen molar-refractivity contribution in [3.05, 3.63) is 29.8 Å². The molecule has 1 heterocycles. The van der Waals surface area contributed by atoms with Crippen molar-refractivity contribution >= 4 is 17.8 Å². The van der Waals surface area contributed by atoms with Gasteiger partial charge in [0.2, 0.25) is 5.91 Å². The van der Waals surface area contributed by atoms with Crippen LogP contribution in [0.2, 0.25) is 0 Å². The second-order valence-corrected chi connectivity index (χ2v) is 6.86. The van der Waals surface area contributed by atoms with Crippen LogP contribution in [0.4, 0.5) is 0 Å². The molecule has 29 heavy (non-hydrogen) atoms. The molecule has 156 valence electrons. The molecule has 1 fully saturated rings. The summed E-state index contributed by atoms with van der Waals surface area (Å²) in [5.74, 6) is 1.36. The van der Waals surface area contributed by atoms with Gasteiger partial charge in [-0.25, -0.2) is 0 Å². The summed E-state index contributed by atoms with van der Waals surface area (Å²) in [6, 6.07) is 6.86. The van der Waals surface area contributed by atoms with Crippen molar-refractivity contribution in [1.29, 1.82) is 0 Å². The van der Waals surface area contributed by atoms with Gasteiger partial charge in [0.15, 0.2) is 6.61 Å². The molecular weight excluding hydrogens is 372 g/mol. The Hall–Kier alpha value is -3.01. The molecule has 0 aromatic heterocycles. The van der Waals surface area contributed by atoms with Crippen molar-refractivity contribution in [3.8, 4) is 18.1 Å². The molecule has 7 heteroatoms. The van der Waals surface area contributed by atoms with Gasteiger partial charge in [-0.1, -0.05) is 37.5 Å². The van der Waals surface area contributed by atoms with E-state index in [1.54, 1.807) is 12.0 Å². The molecule has 0 saturated carbocycles. The second kappa shape index (κ2) is 11.1. The van der Waals surface area contributed by atoms with Crippen LogP contribution < -0.4 is 10.1 Å². The van der Waals surface area contributed by atoms with E-state index in [1.807, 2.05) is 31.2 Å². The van der Waals surface area contributed by atoms with Crippen LogP contribution in [0.15, 0.2) is 24.3 Å². The van der Waals surface area contributed by atoms with E-state index >= 15 is 0 Å². The number of unbranched alkanes of at least 4 members (excludes halogenated alkanes) is 1. The van der Waals surface area contributed by atoms with Crippen LogP contribution in [0.3, 0.4) is 0 Å². The van der Waals surface area contributed by atoms with E-state index in [1.165, 1.54) is 0 Å². The maximum absolute atomic E-state index is 12.9. The molecule has 1 N–H and O–H groups in total. The Morgan fingerprint density at radius 3 is 2.79 bits per heavy atom. The number of benzene rings is 1. The standard InChI is InChI=1S/C22H28N2O5/c1-4-6-14-24-20(26)12-11-17(22(27)29-15-19(25)23-13-5-2)21(24)16-9-7-8-10-18(16)28-3/h2,7-10,17,21H,4,6,11-15H2,1,3H3,(H,23,25)/t17-,21-/m1/s1. The predicted octanol–water partition coefficient (Wildman–Crippen LogP) is 2.07. The van der Waals surface area contributed by atoms with E-state index in [2.05, 4.69) is 11.2 Å². The molecule has 2 amide bonds. The SMILES string of the molecule is C#CCNC(=O)COC(=O)[C@@H]1CCC(=O)N(CCCC)[C@@H]1c1ccccc1OC. The minimum absolute atomic E-state index is 0.00479. The van der Waals surface area contributed by atoms with Gasteiger partial charge in [0.1, 0.15) is 5.75 Å². The van der Waals surface area contributed by atoms with Crippen LogP contribution in [-0.2, 0) is 19.1 Å². The summed E-state index contributed by atoms with van der Waals surface area (Å²) in [4.78, 5) is 39.0. The first-order chi connectivity index (χ1) is 14.0. The van der Waals surface area contributed by atoms with E-state index in [0.29, 0.717) is 18.7 Å². The molecule has 1 aromatic carbocycles. The van der Waals surface area contributed by atoms with E-state index in [9.17, 15) is 14.4 Å². The van der Waals surface area contributed by atoms with Crippen molar-refractivity contribution in [1.82, 2.24) is 10.2 Å². The summed E-state index contributed by atoms with van der Waals surface area (Å²) in [5.41, 5.74) is 0.762. The summed E-state index contributed by atoms with van der Waals surface area (Å²) < 4.78 is 10.7. The number of para-hydroxylation sites is 1. The third-order valence-corrected chi connectivity index (χ3v) is 4.95. The summed E-state index contributed by atoms with van der Waals surface area (Å²) in [7, 11) is 1.56. The highest BCUT2D eigenvalue weighted by molar-refractivity contribution is 5.84. The number of nitrogens with zero attached hydrogens (tertiary/aromatic N) is 1. The molecule has 2 rings (SSSR count). The monoisotopic (exact) mass is 400 g/mol. The van der Waals surface area contributed by atoms with Crippen molar-refractivity contribution in [2.45, 2.75) is 38.6 Å². The maximum atomic E-state index is 12.9. The zero-order valence-electron chi connectivity index (χ0n) is 17.0. The topological polar surface area (TPSA) is 84.9 Å². The van der Waals surface area contributed by atoms with Crippen molar-refractivity contribution in [2.24, 2.45) is 5.92 Å². The largest absolute Gasteiger partial charge is 0.496 e. The number of hydrogen-bond acceptors (Lipinski definition) is 5. The number of likely N-dealkylation sites (tertiary alicyclic amines) is 1. The molecule has 1 saturated heterocycles. The number of terminal acetylenes is 1. The molecule has 0 aliphatic carbocycles. The molecular formula is C22H28N2O5. The number of piperidine rings is 1. The molecule has 0 radical (unpaired) electrons. The lowest BCUT2D eigenvalue weighted by Crippen LogP contribution is -2.46. The fourth-order valence-corrected chi connectivity index (χ4v) is 3.53. The van der Waals surface area contributed by atoms with Gasteiger partial charge in [-0.15, -0.1) is 6.42 Å². The minimum atomic E-state index is -0.582. The first-order valence-corrected chi connectivity index (χ1v) is 9.82. The van der Waals surface area contributed by atoms with Gasteiger partial charge in [0, 0.05) is 18.5 Å². The highest BCUT2D eigenvalue weighted by Gasteiger charge is 2.42. The van der Waals surface area contributed by atoms with Crippen LogP contribution in [0.1, 0.15) is 44.2 Å². The number of esters is 1. The number of carbonyl (C=O) groups excluding carboxylic acids is 3. The number of rotatable bonds is 9. The summed E-state index contributed by atoms with van der Waals surface area (Å²) >= 11 is 0. The Balaban J connectivity index is 2.28. The van der Waals surface area contributed by atoms with Crippen molar-refractivity contribution < 1.29 is 23.9 Å². The summed E-state index contributed by atoms with van der Waals surface area (Å²) in [6.45, 7) is 2.26. The zero-order valence-corrected chi connectivity index (χ0v) is 17.0. The van der Waals surface area contributed by atoms with Crippen molar-refractivity contribution in [3.63, 3.8) is 0 Å². The van der Waals surface area contributed by atoms with E-state index in [-0.39, 0.29) is 18.9 Å². The summed E-state index contributed by atoms with van der Waals surface area (Å²) in [5, 5.41) is 2.46. The van der Waals surface area contributed by atoms with E-state index in [4.69, 9.17) is 15.9 Å². The first kappa shape index (κ1) is 22.3. The first-order valence-electron chi connectivity index (χ1n) is 9.82. The quantitative estimate of drug-likeness (QED) is 0.507. The average Bonchev–Trinajstić information content (AvgIpc) is 2.74. The predicted molar refractivity (Wildman–Crippen MR) is 108 cm³/mol. The number of hydrogen-bond donors (Lipinski definition) is 1. The van der Waals surface area contributed by atoms with Crippen LogP contribution in [0.5, 0.6) is 5.75 Å². The van der Waals surface area contributed by atoms with Gasteiger partial charge in [0.05, 0.1) is 25.6 Å². The Bertz CT molecular complexity index is 771. The molecule has 0 spiro atoms. The highest BCUT2D eigenvalue weighted by Crippen LogP contribution is 2.41. The Kier molecular flexibility index (Phi) is 8.53. The van der Waals surface area contributed by atoms with Gasteiger partial charge in [-0.2, -0.15) is 0 Å². The lowest BCUT2D eigenvalue weighted by molar-refractivity contribution is -0.159. The minimum Gasteiger partial charge on any atom is -0.496 e. The van der Waals surface area contributed by atoms with Crippen molar-refractivity contribution in [2.75, 3.05) is 26.8 Å². The number of carbonyl (C=O) groups is 3. The van der Waals surface area contributed by atoms with Gasteiger partial charge in [-0.05, 0) is 18.9 Å². The molecule has 1 aliphatic rings. The third-order valence-electron chi connectivity index (χ3n) is 4.95. The molecule has 1 aromatic rings. The van der Waals surface area contributed by atoms with Gasteiger partial charge in [-0.3, -0.25) is 14.4 Å². The van der Waals surface area contributed by atoms with Crippen LogP contribution in [0.25, 0.3) is 0 Å². The molecule has 0 unspecified atom stereocenters. The van der Waals surface area contributed by atoms with E-state index in [0.717, 1.165) is 18.4 Å². The molecule has 0 bridgehead atoms. The lowest BCUT2D eigenvalue weighted by atomic mass is 9.83. The Morgan fingerprint density at radius 2 is 2.10 bits per heavy atom. The Labute approximate surface area is 171 Å². The number of amides is 2. The van der Waals surface area contributed by atoms with Gasteiger partial charge >= 0.3 is 5.97 Å². The van der Waals surface area contributed by atoms with Crippen LogP contribution >= 0.6 is 0 Å². The highest BCUT2D eigenvalue weighted by atomic mass is 16.5. The average molecular weight is 400 g/mol. The fourth-order valence-electron chi connectivity index (χ4n) is 3.53. The summed E-state index contributed by atoms with van der Waals surface area (Å²) in [6.07, 6.45) is 7.48. The van der Waals surface area contributed by atoms with Crippen LogP contribution in [0, 0.1) is 18.3 Å². The molecule has 2 atom stereocenters. The normalized spacial score (nSPS) is 18.7. The maximum Gasteiger partial charge on any atom is 0.311 e. The fraction of sp³-hybridized carbons (Fsp3) is 0.500. The van der Waals surface area contributed by atoms with E-state index < -0.39 is 30.4 Å². The smallest absolute Gasteiger partial charge is 0.311 e. The third kappa shape index (κ3) is 5.74. The van der Waals surface area contributed by atoms with Gasteiger partial charge in [0.25, 0.3) is 5.91 Å². The molecule has 7 nitrogen and oxygen atoms in total. The lowest BCUT2D eigenvalue weighted by Gasteiger charge is -2.40. The van der Waals surface area contributed by atoms with Gasteiger partial charge < -0.3 is 19.7 Å². The number of methoxy groups -OCH3 is 1.